The highest BCUT2D eigenvalue weighted by atomic mass is 32.1. The molecule has 2 nitrogen and oxygen atoms in total. The summed E-state index contributed by atoms with van der Waals surface area (Å²) in [5, 5.41) is 1.26. The molecule has 0 saturated heterocycles. The van der Waals surface area contributed by atoms with Gasteiger partial charge >= 0.3 is 0 Å². The Morgan fingerprint density at radius 3 is 2.69 bits per heavy atom. The maximum Gasteiger partial charge on any atom is 0.0349 e. The molecule has 1 aromatic carbocycles. The number of fused-ring (bicyclic) bond motifs is 1. The van der Waals surface area contributed by atoms with Crippen molar-refractivity contribution in [1.82, 2.24) is 0 Å². The van der Waals surface area contributed by atoms with Crippen LogP contribution in [0.25, 0.3) is 10.1 Å². The SMILES string of the molecule is NCc1cc2c(CN)cccc2s1. The third kappa shape index (κ3) is 1.46. The van der Waals surface area contributed by atoms with E-state index in [1.165, 1.54) is 20.5 Å². The monoisotopic (exact) mass is 192 g/mol. The van der Waals surface area contributed by atoms with Gasteiger partial charge in [-0.1, -0.05) is 12.1 Å². The van der Waals surface area contributed by atoms with Crippen molar-refractivity contribution in [1.29, 1.82) is 0 Å². The Bertz CT molecular complexity index is 420. The topological polar surface area (TPSA) is 52.0 Å². The van der Waals surface area contributed by atoms with Gasteiger partial charge in [-0.25, -0.2) is 0 Å². The van der Waals surface area contributed by atoms with Crippen LogP contribution in [0.3, 0.4) is 0 Å². The molecule has 4 N–H and O–H groups in total. The van der Waals surface area contributed by atoms with Gasteiger partial charge in [0.1, 0.15) is 0 Å². The molecule has 0 bridgehead atoms. The summed E-state index contributed by atoms with van der Waals surface area (Å²) in [5.41, 5.74) is 12.4. The molecule has 0 aliphatic carbocycles. The minimum atomic E-state index is 0.595. The van der Waals surface area contributed by atoms with Gasteiger partial charge in [-0.05, 0) is 23.1 Å². The van der Waals surface area contributed by atoms with Crippen molar-refractivity contribution in [2.75, 3.05) is 0 Å². The minimum Gasteiger partial charge on any atom is -0.326 e. The van der Waals surface area contributed by atoms with Crippen molar-refractivity contribution in [2.24, 2.45) is 11.5 Å². The first-order valence-electron chi connectivity index (χ1n) is 4.25. The van der Waals surface area contributed by atoms with Gasteiger partial charge in [-0.3, -0.25) is 0 Å². The molecular weight excluding hydrogens is 180 g/mol. The second kappa shape index (κ2) is 3.46. The number of rotatable bonds is 2. The zero-order valence-electron chi connectivity index (χ0n) is 7.29. The highest BCUT2D eigenvalue weighted by Crippen LogP contribution is 2.27. The van der Waals surface area contributed by atoms with Crippen LogP contribution in [-0.2, 0) is 13.1 Å². The van der Waals surface area contributed by atoms with E-state index in [0.29, 0.717) is 13.1 Å². The number of hydrogen-bond acceptors (Lipinski definition) is 3. The Balaban J connectivity index is 2.67. The summed E-state index contributed by atoms with van der Waals surface area (Å²) >= 11 is 1.75. The van der Waals surface area contributed by atoms with Crippen molar-refractivity contribution in [3.63, 3.8) is 0 Å². The number of thiophene rings is 1. The molecule has 2 aromatic rings. The van der Waals surface area contributed by atoms with E-state index in [1.807, 2.05) is 6.07 Å². The van der Waals surface area contributed by atoms with Gasteiger partial charge in [0, 0.05) is 22.7 Å². The largest absolute Gasteiger partial charge is 0.326 e. The fraction of sp³-hybridized carbons (Fsp3) is 0.200. The van der Waals surface area contributed by atoms with E-state index in [-0.39, 0.29) is 0 Å². The molecule has 0 aliphatic heterocycles. The fourth-order valence-corrected chi connectivity index (χ4v) is 2.44. The Kier molecular flexibility index (Phi) is 2.31. The van der Waals surface area contributed by atoms with E-state index in [0.717, 1.165) is 0 Å². The van der Waals surface area contributed by atoms with Crippen LogP contribution in [0.1, 0.15) is 10.4 Å². The van der Waals surface area contributed by atoms with Gasteiger partial charge in [0.15, 0.2) is 0 Å². The first-order valence-corrected chi connectivity index (χ1v) is 5.07. The Morgan fingerprint density at radius 2 is 2.00 bits per heavy atom. The molecule has 2 rings (SSSR count). The number of nitrogens with two attached hydrogens (primary N) is 2. The third-order valence-electron chi connectivity index (χ3n) is 2.12. The maximum atomic E-state index is 5.64. The van der Waals surface area contributed by atoms with E-state index >= 15 is 0 Å². The standard InChI is InChI=1S/C10H12N2S/c11-5-7-2-1-3-10-9(7)4-8(6-12)13-10/h1-4H,5-6,11-12H2. The summed E-state index contributed by atoms with van der Waals surface area (Å²) in [5.74, 6) is 0. The molecule has 3 heteroatoms. The van der Waals surface area contributed by atoms with Crippen LogP contribution < -0.4 is 11.5 Å². The third-order valence-corrected chi connectivity index (χ3v) is 3.25. The van der Waals surface area contributed by atoms with Gasteiger partial charge in [0.2, 0.25) is 0 Å². The molecular formula is C10H12N2S. The number of hydrogen-bond donors (Lipinski definition) is 2. The average Bonchev–Trinajstić information content (AvgIpc) is 2.59. The molecule has 1 heterocycles. The molecule has 68 valence electrons. The van der Waals surface area contributed by atoms with E-state index < -0.39 is 0 Å². The van der Waals surface area contributed by atoms with Crippen LogP contribution in [0.15, 0.2) is 24.3 Å². The van der Waals surface area contributed by atoms with Crippen LogP contribution >= 0.6 is 11.3 Å². The van der Waals surface area contributed by atoms with Crippen molar-refractivity contribution in [3.05, 3.63) is 34.7 Å². The van der Waals surface area contributed by atoms with Gasteiger partial charge in [-0.2, -0.15) is 0 Å². The van der Waals surface area contributed by atoms with Crippen LogP contribution in [-0.4, -0.2) is 0 Å². The van der Waals surface area contributed by atoms with Crippen LogP contribution in [0, 0.1) is 0 Å². The van der Waals surface area contributed by atoms with Gasteiger partial charge in [-0.15, -0.1) is 11.3 Å². The highest BCUT2D eigenvalue weighted by molar-refractivity contribution is 7.19. The predicted molar refractivity (Wildman–Crippen MR) is 57.6 cm³/mol. The molecule has 0 aliphatic rings. The predicted octanol–water partition coefficient (Wildman–Crippen LogP) is 1.82. The quantitative estimate of drug-likeness (QED) is 0.762. The first-order chi connectivity index (χ1) is 6.35. The van der Waals surface area contributed by atoms with Gasteiger partial charge in [0.05, 0.1) is 0 Å². The Morgan fingerprint density at radius 1 is 1.15 bits per heavy atom. The second-order valence-corrected chi connectivity index (χ2v) is 4.12. The summed E-state index contributed by atoms with van der Waals surface area (Å²) in [4.78, 5) is 1.22. The first kappa shape index (κ1) is 8.69. The lowest BCUT2D eigenvalue weighted by Gasteiger charge is -1.96. The summed E-state index contributed by atoms with van der Waals surface area (Å²) in [6.07, 6.45) is 0. The van der Waals surface area contributed by atoms with E-state index in [9.17, 15) is 0 Å². The van der Waals surface area contributed by atoms with Crippen molar-refractivity contribution in [3.8, 4) is 0 Å². The van der Waals surface area contributed by atoms with Crippen LogP contribution in [0.2, 0.25) is 0 Å². The Hall–Kier alpha value is -0.900. The fourth-order valence-electron chi connectivity index (χ4n) is 1.45. The van der Waals surface area contributed by atoms with Gasteiger partial charge in [0.25, 0.3) is 0 Å². The van der Waals surface area contributed by atoms with E-state index in [4.69, 9.17) is 11.5 Å². The summed E-state index contributed by atoms with van der Waals surface area (Å²) < 4.78 is 1.28. The highest BCUT2D eigenvalue weighted by Gasteiger charge is 2.03. The molecule has 0 unspecified atom stereocenters. The lowest BCUT2D eigenvalue weighted by molar-refractivity contribution is 1.08. The molecule has 0 radical (unpaired) electrons. The minimum absolute atomic E-state index is 0.595. The summed E-state index contributed by atoms with van der Waals surface area (Å²) in [6.45, 7) is 1.21. The van der Waals surface area contributed by atoms with Crippen LogP contribution in [0.4, 0.5) is 0 Å². The molecule has 0 amide bonds. The molecule has 0 fully saturated rings. The second-order valence-electron chi connectivity index (χ2n) is 2.95. The molecule has 0 spiro atoms. The zero-order valence-corrected chi connectivity index (χ0v) is 8.10. The van der Waals surface area contributed by atoms with Gasteiger partial charge < -0.3 is 11.5 Å². The molecule has 0 saturated carbocycles. The summed E-state index contributed by atoms with van der Waals surface area (Å²) in [7, 11) is 0. The molecule has 0 atom stereocenters. The van der Waals surface area contributed by atoms with Crippen molar-refractivity contribution >= 4 is 21.4 Å². The van der Waals surface area contributed by atoms with E-state index in [1.54, 1.807) is 11.3 Å². The lowest BCUT2D eigenvalue weighted by atomic mass is 10.1. The Labute approximate surface area is 81.2 Å². The van der Waals surface area contributed by atoms with Crippen LogP contribution in [0.5, 0.6) is 0 Å². The normalized spacial score (nSPS) is 10.9. The van der Waals surface area contributed by atoms with E-state index in [2.05, 4.69) is 18.2 Å². The maximum absolute atomic E-state index is 5.64. The lowest BCUT2D eigenvalue weighted by Crippen LogP contribution is -1.95. The zero-order chi connectivity index (χ0) is 9.26. The molecule has 13 heavy (non-hydrogen) atoms. The van der Waals surface area contributed by atoms with Crippen molar-refractivity contribution < 1.29 is 0 Å². The average molecular weight is 192 g/mol. The van der Waals surface area contributed by atoms with Crippen molar-refractivity contribution in [2.45, 2.75) is 13.1 Å². The molecule has 1 aromatic heterocycles. The number of benzene rings is 1. The smallest absolute Gasteiger partial charge is 0.0349 e. The summed E-state index contributed by atoms with van der Waals surface area (Å²) in [6, 6.07) is 8.36.